The van der Waals surface area contributed by atoms with Gasteiger partial charge in [0.15, 0.2) is 0 Å². The fourth-order valence-corrected chi connectivity index (χ4v) is 1.76. The van der Waals surface area contributed by atoms with E-state index in [4.69, 9.17) is 0 Å². The predicted molar refractivity (Wildman–Crippen MR) is 72.2 cm³/mol. The van der Waals surface area contributed by atoms with E-state index in [2.05, 4.69) is 61.9 Å². The van der Waals surface area contributed by atoms with Crippen molar-refractivity contribution in [3.05, 3.63) is 29.8 Å². The van der Waals surface area contributed by atoms with Crippen LogP contribution in [0.2, 0.25) is 0 Å². The second kappa shape index (κ2) is 6.54. The van der Waals surface area contributed by atoms with Gasteiger partial charge >= 0.3 is 0 Å². The monoisotopic (exact) mass is 220 g/mol. The van der Waals surface area contributed by atoms with Crippen LogP contribution in [-0.4, -0.2) is 38.1 Å². The van der Waals surface area contributed by atoms with Gasteiger partial charge in [-0.25, -0.2) is 0 Å². The molecule has 0 atom stereocenters. The second-order valence-corrected chi connectivity index (χ2v) is 4.28. The molecule has 0 unspecified atom stereocenters. The van der Waals surface area contributed by atoms with Crippen molar-refractivity contribution in [3.63, 3.8) is 0 Å². The standard InChI is InChI=1S/C14H24N2/c1-5-16(6-2)12-11-15(4)14-9-7-13(3)8-10-14/h7-10H,5-6,11-12H2,1-4H3. The molecule has 0 aliphatic carbocycles. The molecule has 0 fully saturated rings. The van der Waals surface area contributed by atoms with E-state index in [1.807, 2.05) is 0 Å². The Kier molecular flexibility index (Phi) is 5.33. The van der Waals surface area contributed by atoms with Gasteiger partial charge < -0.3 is 9.80 Å². The molecule has 0 amide bonds. The van der Waals surface area contributed by atoms with E-state index >= 15 is 0 Å². The topological polar surface area (TPSA) is 6.48 Å². The van der Waals surface area contributed by atoms with Gasteiger partial charge in [0.2, 0.25) is 0 Å². The van der Waals surface area contributed by atoms with Crippen LogP contribution >= 0.6 is 0 Å². The summed E-state index contributed by atoms with van der Waals surface area (Å²) in [6, 6.07) is 8.72. The van der Waals surface area contributed by atoms with Crippen molar-refractivity contribution in [3.8, 4) is 0 Å². The van der Waals surface area contributed by atoms with E-state index in [0.29, 0.717) is 0 Å². The van der Waals surface area contributed by atoms with Gasteiger partial charge in [-0.3, -0.25) is 0 Å². The Morgan fingerprint density at radius 3 is 2.00 bits per heavy atom. The number of likely N-dealkylation sites (N-methyl/N-ethyl adjacent to an activating group) is 2. The summed E-state index contributed by atoms with van der Waals surface area (Å²) in [5.41, 5.74) is 2.62. The molecule has 0 N–H and O–H groups in total. The Hall–Kier alpha value is -1.02. The summed E-state index contributed by atoms with van der Waals surface area (Å²) in [7, 11) is 2.16. The number of hydrogen-bond acceptors (Lipinski definition) is 2. The van der Waals surface area contributed by atoms with E-state index < -0.39 is 0 Å². The van der Waals surface area contributed by atoms with Crippen LogP contribution in [0, 0.1) is 6.92 Å². The van der Waals surface area contributed by atoms with Gasteiger partial charge in [-0.15, -0.1) is 0 Å². The lowest BCUT2D eigenvalue weighted by atomic mass is 10.2. The van der Waals surface area contributed by atoms with Crippen LogP contribution in [-0.2, 0) is 0 Å². The zero-order chi connectivity index (χ0) is 12.0. The number of hydrogen-bond donors (Lipinski definition) is 0. The third-order valence-corrected chi connectivity index (χ3v) is 3.12. The van der Waals surface area contributed by atoms with Crippen molar-refractivity contribution < 1.29 is 0 Å². The van der Waals surface area contributed by atoms with Crippen LogP contribution in [0.5, 0.6) is 0 Å². The zero-order valence-electron chi connectivity index (χ0n) is 11.0. The van der Waals surface area contributed by atoms with Crippen molar-refractivity contribution in [1.29, 1.82) is 0 Å². The molecule has 0 bridgehead atoms. The fraction of sp³-hybridized carbons (Fsp3) is 0.571. The lowest BCUT2D eigenvalue weighted by Crippen LogP contribution is -2.33. The van der Waals surface area contributed by atoms with E-state index in [1.54, 1.807) is 0 Å². The summed E-state index contributed by atoms with van der Waals surface area (Å²) in [6.07, 6.45) is 0. The maximum Gasteiger partial charge on any atom is 0.0364 e. The number of aryl methyl sites for hydroxylation is 1. The fourth-order valence-electron chi connectivity index (χ4n) is 1.76. The molecule has 0 heterocycles. The molecule has 16 heavy (non-hydrogen) atoms. The van der Waals surface area contributed by atoms with Crippen molar-refractivity contribution in [2.45, 2.75) is 20.8 Å². The Morgan fingerprint density at radius 2 is 1.50 bits per heavy atom. The second-order valence-electron chi connectivity index (χ2n) is 4.28. The first kappa shape index (κ1) is 13.0. The molecular weight excluding hydrogens is 196 g/mol. The van der Waals surface area contributed by atoms with Crippen LogP contribution in [0.3, 0.4) is 0 Å². The molecule has 0 aliphatic rings. The number of benzene rings is 1. The Labute approximate surface area is 99.9 Å². The lowest BCUT2D eigenvalue weighted by molar-refractivity contribution is 0.311. The molecule has 0 spiro atoms. The predicted octanol–water partition coefficient (Wildman–Crippen LogP) is 2.77. The van der Waals surface area contributed by atoms with Gasteiger partial charge in [0.05, 0.1) is 0 Å². The molecule has 90 valence electrons. The average Bonchev–Trinajstić information content (AvgIpc) is 2.31. The lowest BCUT2D eigenvalue weighted by Gasteiger charge is -2.24. The Balaban J connectivity index is 2.46. The smallest absolute Gasteiger partial charge is 0.0364 e. The number of nitrogens with zero attached hydrogens (tertiary/aromatic N) is 2. The number of rotatable bonds is 6. The highest BCUT2D eigenvalue weighted by atomic mass is 15.2. The molecule has 2 nitrogen and oxygen atoms in total. The minimum atomic E-state index is 1.09. The van der Waals surface area contributed by atoms with E-state index in [1.165, 1.54) is 11.3 Å². The molecule has 0 aliphatic heterocycles. The summed E-state index contributed by atoms with van der Waals surface area (Å²) in [6.45, 7) is 11.1. The molecule has 1 aromatic rings. The largest absolute Gasteiger partial charge is 0.373 e. The van der Waals surface area contributed by atoms with E-state index in [9.17, 15) is 0 Å². The van der Waals surface area contributed by atoms with Crippen LogP contribution in [0.25, 0.3) is 0 Å². The highest BCUT2D eigenvalue weighted by molar-refractivity contribution is 5.46. The van der Waals surface area contributed by atoms with Gasteiger partial charge in [0.1, 0.15) is 0 Å². The Bertz CT molecular complexity index is 288. The first-order chi connectivity index (χ1) is 7.67. The van der Waals surface area contributed by atoms with Crippen LogP contribution in [0.4, 0.5) is 5.69 Å². The summed E-state index contributed by atoms with van der Waals surface area (Å²) in [5.74, 6) is 0. The van der Waals surface area contributed by atoms with Crippen LogP contribution in [0.15, 0.2) is 24.3 Å². The maximum atomic E-state index is 2.45. The third kappa shape index (κ3) is 3.86. The van der Waals surface area contributed by atoms with Gasteiger partial charge in [-0.1, -0.05) is 31.5 Å². The third-order valence-electron chi connectivity index (χ3n) is 3.12. The molecule has 0 radical (unpaired) electrons. The molecular formula is C14H24N2. The molecule has 1 rings (SSSR count). The highest BCUT2D eigenvalue weighted by Crippen LogP contribution is 2.12. The zero-order valence-corrected chi connectivity index (χ0v) is 11.0. The normalized spacial score (nSPS) is 10.8. The molecule has 2 heteroatoms. The van der Waals surface area contributed by atoms with Crippen molar-refractivity contribution >= 4 is 5.69 Å². The first-order valence-corrected chi connectivity index (χ1v) is 6.17. The van der Waals surface area contributed by atoms with Crippen molar-refractivity contribution in [1.82, 2.24) is 4.90 Å². The van der Waals surface area contributed by atoms with Gasteiger partial charge in [0.25, 0.3) is 0 Å². The Morgan fingerprint density at radius 1 is 0.938 bits per heavy atom. The minimum absolute atomic E-state index is 1.09. The van der Waals surface area contributed by atoms with Crippen LogP contribution < -0.4 is 4.90 Å². The molecule has 0 saturated heterocycles. The van der Waals surface area contributed by atoms with Crippen molar-refractivity contribution in [2.24, 2.45) is 0 Å². The van der Waals surface area contributed by atoms with Gasteiger partial charge in [0, 0.05) is 25.8 Å². The minimum Gasteiger partial charge on any atom is -0.373 e. The first-order valence-electron chi connectivity index (χ1n) is 6.17. The highest BCUT2D eigenvalue weighted by Gasteiger charge is 2.03. The van der Waals surface area contributed by atoms with Crippen LogP contribution in [0.1, 0.15) is 19.4 Å². The summed E-state index contributed by atoms with van der Waals surface area (Å²) < 4.78 is 0. The summed E-state index contributed by atoms with van der Waals surface area (Å²) in [4.78, 5) is 4.77. The number of anilines is 1. The SMILES string of the molecule is CCN(CC)CCN(C)c1ccc(C)cc1. The molecule has 0 aromatic heterocycles. The maximum absolute atomic E-state index is 2.45. The van der Waals surface area contributed by atoms with E-state index in [-0.39, 0.29) is 0 Å². The van der Waals surface area contributed by atoms with Gasteiger partial charge in [-0.2, -0.15) is 0 Å². The average molecular weight is 220 g/mol. The summed E-state index contributed by atoms with van der Waals surface area (Å²) in [5, 5.41) is 0. The molecule has 0 saturated carbocycles. The van der Waals surface area contributed by atoms with Crippen molar-refractivity contribution in [2.75, 3.05) is 38.1 Å². The summed E-state index contributed by atoms with van der Waals surface area (Å²) >= 11 is 0. The quantitative estimate of drug-likeness (QED) is 0.727. The van der Waals surface area contributed by atoms with E-state index in [0.717, 1.165) is 26.2 Å². The molecule has 1 aromatic carbocycles. The van der Waals surface area contributed by atoms with Gasteiger partial charge in [-0.05, 0) is 32.1 Å².